The molecular weight excluding hydrogens is 432 g/mol. The maximum Gasteiger partial charge on any atom is 0.326 e. The van der Waals surface area contributed by atoms with Crippen LogP contribution in [0.4, 0.5) is 0 Å². The number of ketones is 1. The molecule has 1 aromatic carbocycles. The molecule has 1 fully saturated rings. The molecule has 0 unspecified atom stereocenters. The lowest BCUT2D eigenvalue weighted by Gasteiger charge is -2.17. The quantitative estimate of drug-likeness (QED) is 0.488. The number of aryl methyl sites for hydroxylation is 1. The van der Waals surface area contributed by atoms with Gasteiger partial charge in [0.05, 0.1) is 11.5 Å². The molecule has 0 spiro atoms. The summed E-state index contributed by atoms with van der Waals surface area (Å²) in [7, 11) is -3.06. The van der Waals surface area contributed by atoms with E-state index < -0.39 is 22.4 Å². The van der Waals surface area contributed by atoms with Crippen LogP contribution in [-0.4, -0.2) is 60.2 Å². The third-order valence-corrected chi connectivity index (χ3v) is 7.80. The molecular formula is C23H24N2O6S. The zero-order chi connectivity index (χ0) is 23.2. The molecule has 2 aromatic rings. The normalized spacial score (nSPS) is 19.3. The summed E-state index contributed by atoms with van der Waals surface area (Å²) < 4.78 is 30.7. The summed E-state index contributed by atoms with van der Waals surface area (Å²) in [6, 6.07) is 8.45. The second-order valence-corrected chi connectivity index (χ2v) is 10.4. The Kier molecular flexibility index (Phi) is 5.54. The summed E-state index contributed by atoms with van der Waals surface area (Å²) in [4.78, 5) is 38.8. The van der Waals surface area contributed by atoms with E-state index >= 15 is 0 Å². The highest BCUT2D eigenvalue weighted by Gasteiger charge is 2.33. The minimum Gasteiger partial charge on any atom is -0.456 e. The fourth-order valence-electron chi connectivity index (χ4n) is 4.50. The average molecular weight is 457 g/mol. The SMILES string of the molecule is C=C1c2ccccc2C(=O)N1CC(=O)OCC(=O)c1cc(C)n([C@H]2CCS(=O)(=O)C2)c1C. The van der Waals surface area contributed by atoms with Crippen LogP contribution >= 0.6 is 0 Å². The highest BCUT2D eigenvalue weighted by Crippen LogP contribution is 2.31. The van der Waals surface area contributed by atoms with Crippen LogP contribution in [0.5, 0.6) is 0 Å². The van der Waals surface area contributed by atoms with Gasteiger partial charge in [0.25, 0.3) is 5.91 Å². The molecule has 0 saturated carbocycles. The van der Waals surface area contributed by atoms with Gasteiger partial charge in [0, 0.05) is 39.8 Å². The van der Waals surface area contributed by atoms with E-state index in [1.54, 1.807) is 37.3 Å². The fraction of sp³-hybridized carbons (Fsp3) is 0.348. The van der Waals surface area contributed by atoms with Crippen molar-refractivity contribution in [1.82, 2.24) is 9.47 Å². The molecule has 2 aliphatic heterocycles. The Balaban J connectivity index is 1.39. The average Bonchev–Trinajstić information content (AvgIpc) is 3.33. The van der Waals surface area contributed by atoms with Crippen LogP contribution in [0.3, 0.4) is 0 Å². The summed E-state index contributed by atoms with van der Waals surface area (Å²) in [5.74, 6) is -1.23. The molecule has 1 aromatic heterocycles. The van der Waals surface area contributed by atoms with Crippen molar-refractivity contribution >= 4 is 33.2 Å². The van der Waals surface area contributed by atoms with Crippen LogP contribution in [0.15, 0.2) is 36.9 Å². The first-order valence-corrected chi connectivity index (χ1v) is 12.1. The zero-order valence-electron chi connectivity index (χ0n) is 18.0. The lowest BCUT2D eigenvalue weighted by Crippen LogP contribution is -2.31. The number of carbonyl (C=O) groups excluding carboxylic acids is 3. The van der Waals surface area contributed by atoms with Gasteiger partial charge in [-0.05, 0) is 32.4 Å². The second kappa shape index (κ2) is 8.05. The van der Waals surface area contributed by atoms with E-state index in [0.717, 1.165) is 5.69 Å². The van der Waals surface area contributed by atoms with Crippen LogP contribution < -0.4 is 0 Å². The van der Waals surface area contributed by atoms with Gasteiger partial charge >= 0.3 is 5.97 Å². The smallest absolute Gasteiger partial charge is 0.326 e. The van der Waals surface area contributed by atoms with Gasteiger partial charge in [-0.15, -0.1) is 0 Å². The van der Waals surface area contributed by atoms with Crippen LogP contribution in [0.1, 0.15) is 50.1 Å². The lowest BCUT2D eigenvalue weighted by atomic mass is 10.1. The molecule has 2 aliphatic rings. The Morgan fingerprint density at radius 2 is 1.88 bits per heavy atom. The molecule has 0 aliphatic carbocycles. The van der Waals surface area contributed by atoms with Crippen molar-refractivity contribution in [2.45, 2.75) is 26.3 Å². The maximum absolute atomic E-state index is 12.7. The summed E-state index contributed by atoms with van der Waals surface area (Å²) in [5.41, 5.74) is 3.41. The van der Waals surface area contributed by atoms with E-state index in [2.05, 4.69) is 6.58 Å². The number of fused-ring (bicyclic) bond motifs is 1. The number of benzene rings is 1. The minimum absolute atomic E-state index is 0.0577. The molecule has 9 heteroatoms. The molecule has 0 N–H and O–H groups in total. The Morgan fingerprint density at radius 1 is 1.19 bits per heavy atom. The molecule has 1 amide bonds. The first-order chi connectivity index (χ1) is 15.1. The molecule has 3 heterocycles. The third-order valence-electron chi connectivity index (χ3n) is 6.05. The standard InChI is InChI=1S/C23H24N2O6S/c1-14-10-20(16(3)25(14)17-8-9-32(29,30)13-17)21(26)12-31-22(27)11-24-15(2)18-6-4-5-7-19(18)23(24)28/h4-7,10,17H,2,8-9,11-13H2,1,3H3/t17-/m0/s1. The summed E-state index contributed by atoms with van der Waals surface area (Å²) in [5, 5.41) is 0. The van der Waals surface area contributed by atoms with Gasteiger partial charge in [0.1, 0.15) is 6.54 Å². The monoisotopic (exact) mass is 456 g/mol. The zero-order valence-corrected chi connectivity index (χ0v) is 18.8. The number of ether oxygens (including phenoxy) is 1. The number of nitrogens with zero attached hydrogens (tertiary/aromatic N) is 2. The van der Waals surface area contributed by atoms with E-state index in [9.17, 15) is 22.8 Å². The topological polar surface area (TPSA) is 103 Å². The maximum atomic E-state index is 12.7. The molecule has 0 radical (unpaired) electrons. The molecule has 168 valence electrons. The minimum atomic E-state index is -3.06. The van der Waals surface area contributed by atoms with Crippen molar-refractivity contribution in [1.29, 1.82) is 0 Å². The number of aromatic nitrogens is 1. The highest BCUT2D eigenvalue weighted by atomic mass is 32.2. The number of esters is 1. The molecule has 1 saturated heterocycles. The van der Waals surface area contributed by atoms with Gasteiger partial charge in [-0.1, -0.05) is 24.8 Å². The number of rotatable bonds is 6. The van der Waals surface area contributed by atoms with Gasteiger partial charge in [0.15, 0.2) is 16.4 Å². The van der Waals surface area contributed by atoms with Crippen molar-refractivity contribution in [3.8, 4) is 0 Å². The molecule has 32 heavy (non-hydrogen) atoms. The van der Waals surface area contributed by atoms with E-state index in [1.807, 2.05) is 11.5 Å². The van der Waals surface area contributed by atoms with Gasteiger partial charge in [-0.2, -0.15) is 0 Å². The highest BCUT2D eigenvalue weighted by molar-refractivity contribution is 7.91. The van der Waals surface area contributed by atoms with Crippen molar-refractivity contribution in [2.24, 2.45) is 0 Å². The number of hydrogen-bond acceptors (Lipinski definition) is 6. The Morgan fingerprint density at radius 3 is 2.50 bits per heavy atom. The first-order valence-electron chi connectivity index (χ1n) is 10.3. The van der Waals surface area contributed by atoms with Crippen molar-refractivity contribution in [2.75, 3.05) is 24.7 Å². The largest absolute Gasteiger partial charge is 0.456 e. The predicted octanol–water partition coefficient (Wildman–Crippen LogP) is 2.32. The van der Waals surface area contributed by atoms with Crippen LogP contribution in [0.25, 0.3) is 5.70 Å². The molecule has 1 atom stereocenters. The van der Waals surface area contributed by atoms with E-state index in [4.69, 9.17) is 4.74 Å². The number of amides is 1. The van der Waals surface area contributed by atoms with Crippen LogP contribution in [0.2, 0.25) is 0 Å². The van der Waals surface area contributed by atoms with Gasteiger partial charge in [0.2, 0.25) is 5.78 Å². The van der Waals surface area contributed by atoms with Crippen LogP contribution in [0, 0.1) is 13.8 Å². The summed E-state index contributed by atoms with van der Waals surface area (Å²) in [6.45, 7) is 6.66. The van der Waals surface area contributed by atoms with Crippen molar-refractivity contribution in [3.63, 3.8) is 0 Å². The van der Waals surface area contributed by atoms with Gasteiger partial charge in [-0.25, -0.2) is 8.42 Å². The number of carbonyl (C=O) groups is 3. The van der Waals surface area contributed by atoms with Crippen molar-refractivity contribution in [3.05, 3.63) is 65.0 Å². The molecule has 8 nitrogen and oxygen atoms in total. The fourth-order valence-corrected chi connectivity index (χ4v) is 6.20. The third kappa shape index (κ3) is 3.88. The van der Waals surface area contributed by atoms with Crippen LogP contribution in [-0.2, 0) is 19.4 Å². The Bertz CT molecular complexity index is 1220. The Labute approximate surface area is 186 Å². The van der Waals surface area contributed by atoms with E-state index in [-0.39, 0.29) is 35.8 Å². The van der Waals surface area contributed by atoms with E-state index in [0.29, 0.717) is 34.5 Å². The molecule has 0 bridgehead atoms. The van der Waals surface area contributed by atoms with Gasteiger partial charge in [-0.3, -0.25) is 19.3 Å². The first kappa shape index (κ1) is 22.0. The predicted molar refractivity (Wildman–Crippen MR) is 118 cm³/mol. The van der Waals surface area contributed by atoms with Crippen molar-refractivity contribution < 1.29 is 27.5 Å². The van der Waals surface area contributed by atoms with E-state index in [1.165, 1.54) is 4.90 Å². The lowest BCUT2D eigenvalue weighted by molar-refractivity contribution is -0.142. The summed E-state index contributed by atoms with van der Waals surface area (Å²) in [6.07, 6.45) is 0.511. The number of hydrogen-bond donors (Lipinski definition) is 0. The number of sulfone groups is 1. The number of Topliss-reactive ketones (excluding diaryl/α,β-unsaturated/α-hetero) is 1. The summed E-state index contributed by atoms with van der Waals surface area (Å²) >= 11 is 0. The second-order valence-electron chi connectivity index (χ2n) is 8.18. The Hall–Kier alpha value is -3.20. The molecule has 4 rings (SSSR count). The van der Waals surface area contributed by atoms with Gasteiger partial charge < -0.3 is 9.30 Å².